The van der Waals surface area contributed by atoms with Gasteiger partial charge in [0.1, 0.15) is 0 Å². The zero-order valence-corrected chi connectivity index (χ0v) is 10.2. The van der Waals surface area contributed by atoms with Gasteiger partial charge in [0.2, 0.25) is 0 Å². The van der Waals surface area contributed by atoms with Crippen LogP contribution in [0.4, 0.5) is 0 Å². The highest BCUT2D eigenvalue weighted by Crippen LogP contribution is 2.43. The van der Waals surface area contributed by atoms with Gasteiger partial charge in [-0.25, -0.2) is 0 Å². The molecular weight excluding hydrogens is 218 g/mol. The lowest BCUT2D eigenvalue weighted by atomic mass is 9.77. The molecule has 2 saturated heterocycles. The van der Waals surface area contributed by atoms with Crippen molar-refractivity contribution in [3.8, 4) is 0 Å². The zero-order chi connectivity index (χ0) is 12.0. The van der Waals surface area contributed by atoms with Crippen molar-refractivity contribution in [3.63, 3.8) is 0 Å². The topological polar surface area (TPSA) is 46.6 Å². The molecule has 4 nitrogen and oxygen atoms in total. The second kappa shape index (κ2) is 4.09. The van der Waals surface area contributed by atoms with Crippen molar-refractivity contribution in [2.24, 2.45) is 11.8 Å². The first-order valence-electron chi connectivity index (χ1n) is 6.59. The molecule has 0 spiro atoms. The van der Waals surface area contributed by atoms with Gasteiger partial charge in [0.25, 0.3) is 0 Å². The smallest absolute Gasteiger partial charge is 0.308 e. The average molecular weight is 237 g/mol. The molecule has 0 aromatic heterocycles. The predicted molar refractivity (Wildman–Crippen MR) is 61.4 cm³/mol. The van der Waals surface area contributed by atoms with Crippen LogP contribution in [0.1, 0.15) is 32.1 Å². The van der Waals surface area contributed by atoms with Crippen LogP contribution >= 0.6 is 0 Å². The number of ether oxygens (including phenoxy) is 1. The molecule has 0 aromatic rings. The molecule has 3 aliphatic rings. The van der Waals surface area contributed by atoms with E-state index in [-0.39, 0.29) is 23.8 Å². The largest absolute Gasteiger partial charge is 0.469 e. The van der Waals surface area contributed by atoms with Crippen LogP contribution in [0.2, 0.25) is 0 Å². The molecular formula is C13H19NO3. The Hall–Kier alpha value is -0.900. The fourth-order valence-electron chi connectivity index (χ4n) is 3.98. The van der Waals surface area contributed by atoms with Gasteiger partial charge in [0, 0.05) is 12.0 Å². The minimum absolute atomic E-state index is 0.0507. The van der Waals surface area contributed by atoms with Gasteiger partial charge in [-0.2, -0.15) is 0 Å². The first-order chi connectivity index (χ1) is 8.22. The molecule has 3 fully saturated rings. The van der Waals surface area contributed by atoms with Crippen molar-refractivity contribution in [2.45, 2.75) is 44.2 Å². The Bertz CT molecular complexity index is 355. The van der Waals surface area contributed by atoms with Crippen LogP contribution in [0.5, 0.6) is 0 Å². The van der Waals surface area contributed by atoms with Gasteiger partial charge in [0.05, 0.1) is 19.1 Å². The van der Waals surface area contributed by atoms with E-state index < -0.39 is 0 Å². The number of fused-ring (bicyclic) bond motifs is 3. The van der Waals surface area contributed by atoms with Gasteiger partial charge in [-0.1, -0.05) is 0 Å². The maximum Gasteiger partial charge on any atom is 0.308 e. The van der Waals surface area contributed by atoms with Crippen LogP contribution in [-0.2, 0) is 14.3 Å². The summed E-state index contributed by atoms with van der Waals surface area (Å²) >= 11 is 0. The predicted octanol–water partition coefficient (Wildman–Crippen LogP) is 0.991. The third kappa shape index (κ3) is 1.61. The van der Waals surface area contributed by atoms with E-state index in [9.17, 15) is 9.59 Å². The number of esters is 1. The number of rotatable bonds is 1. The lowest BCUT2D eigenvalue weighted by Gasteiger charge is -2.33. The van der Waals surface area contributed by atoms with Crippen molar-refractivity contribution in [1.82, 2.24) is 4.90 Å². The third-order valence-electron chi connectivity index (χ3n) is 4.76. The molecule has 0 amide bonds. The van der Waals surface area contributed by atoms with Crippen LogP contribution in [0, 0.1) is 11.8 Å². The summed E-state index contributed by atoms with van der Waals surface area (Å²) < 4.78 is 4.80. The third-order valence-corrected chi connectivity index (χ3v) is 4.76. The number of carbonyl (C=O) groups excluding carboxylic acids is 2. The second-order valence-corrected chi connectivity index (χ2v) is 5.51. The molecule has 4 atom stereocenters. The number of hydrogen-bond acceptors (Lipinski definition) is 4. The molecule has 1 saturated carbocycles. The minimum atomic E-state index is -0.136. The summed E-state index contributed by atoms with van der Waals surface area (Å²) in [5, 5.41) is 0. The quantitative estimate of drug-likeness (QED) is 0.638. The number of hydrogen-bond donors (Lipinski definition) is 0. The number of ketones is 1. The van der Waals surface area contributed by atoms with Crippen LogP contribution in [0.3, 0.4) is 0 Å². The van der Waals surface area contributed by atoms with E-state index in [1.54, 1.807) is 0 Å². The van der Waals surface area contributed by atoms with Gasteiger partial charge >= 0.3 is 5.97 Å². The van der Waals surface area contributed by atoms with Gasteiger partial charge in [-0.15, -0.1) is 0 Å². The molecule has 0 radical (unpaired) electrons. The Balaban J connectivity index is 1.76. The fourth-order valence-corrected chi connectivity index (χ4v) is 3.98. The fraction of sp³-hybridized carbons (Fsp3) is 0.846. The minimum Gasteiger partial charge on any atom is -0.469 e. The van der Waals surface area contributed by atoms with Gasteiger partial charge in [-0.05, 0) is 38.6 Å². The summed E-state index contributed by atoms with van der Waals surface area (Å²) in [6.45, 7) is 1.07. The number of methoxy groups -OCH3 is 1. The molecule has 17 heavy (non-hydrogen) atoms. The average Bonchev–Trinajstić information content (AvgIpc) is 2.92. The van der Waals surface area contributed by atoms with Crippen molar-refractivity contribution in [2.75, 3.05) is 13.7 Å². The van der Waals surface area contributed by atoms with Gasteiger partial charge in [-0.3, -0.25) is 14.5 Å². The summed E-state index contributed by atoms with van der Waals surface area (Å²) in [6, 6.07) is 0.581. The van der Waals surface area contributed by atoms with E-state index in [0.29, 0.717) is 18.2 Å². The Morgan fingerprint density at radius 2 is 2.18 bits per heavy atom. The number of Topliss-reactive ketones (excluding diaryl/α,β-unsaturated/α-hetero) is 1. The summed E-state index contributed by atoms with van der Waals surface area (Å²) in [5.41, 5.74) is 0. The van der Waals surface area contributed by atoms with E-state index in [2.05, 4.69) is 4.90 Å². The summed E-state index contributed by atoms with van der Waals surface area (Å²) in [4.78, 5) is 26.2. The molecule has 94 valence electrons. The molecule has 0 bridgehead atoms. The van der Waals surface area contributed by atoms with E-state index in [1.807, 2.05) is 0 Å². The Morgan fingerprint density at radius 1 is 1.35 bits per heavy atom. The molecule has 0 N–H and O–H groups in total. The number of nitrogens with zero attached hydrogens (tertiary/aromatic N) is 1. The monoisotopic (exact) mass is 237 g/mol. The van der Waals surface area contributed by atoms with Crippen molar-refractivity contribution in [3.05, 3.63) is 0 Å². The Labute approximate surface area is 101 Å². The highest BCUT2D eigenvalue weighted by atomic mass is 16.5. The van der Waals surface area contributed by atoms with Crippen molar-refractivity contribution >= 4 is 11.8 Å². The Morgan fingerprint density at radius 3 is 2.94 bits per heavy atom. The van der Waals surface area contributed by atoms with Crippen molar-refractivity contribution < 1.29 is 14.3 Å². The molecule has 4 heteroatoms. The van der Waals surface area contributed by atoms with E-state index in [1.165, 1.54) is 7.11 Å². The Kier molecular flexibility index (Phi) is 2.69. The van der Waals surface area contributed by atoms with Crippen LogP contribution in [0.25, 0.3) is 0 Å². The van der Waals surface area contributed by atoms with E-state index in [4.69, 9.17) is 4.74 Å². The van der Waals surface area contributed by atoms with Gasteiger partial charge in [0.15, 0.2) is 5.78 Å². The standard InChI is InChI=1S/C13H19NO3/c1-17-13(16)8-4-5-10-9(7-8)12(15)11-3-2-6-14(10)11/h8-11H,2-7H2,1H3/t8-,9+,10-,11-/m0/s1. The summed E-state index contributed by atoms with van der Waals surface area (Å²) in [7, 11) is 1.43. The normalized spacial score (nSPS) is 41.1. The SMILES string of the molecule is COC(=O)[C@H]1CC[C@H]2[C@@H](C1)C(=O)[C@@H]1CCCN12. The summed E-state index contributed by atoms with van der Waals surface area (Å²) in [6.07, 6.45) is 4.75. The maximum absolute atomic E-state index is 12.3. The molecule has 2 aliphatic heterocycles. The van der Waals surface area contributed by atoms with E-state index >= 15 is 0 Å². The van der Waals surface area contributed by atoms with Gasteiger partial charge < -0.3 is 4.74 Å². The lowest BCUT2D eigenvalue weighted by Crippen LogP contribution is -2.39. The van der Waals surface area contributed by atoms with Crippen molar-refractivity contribution in [1.29, 1.82) is 0 Å². The van der Waals surface area contributed by atoms with Crippen LogP contribution < -0.4 is 0 Å². The maximum atomic E-state index is 12.3. The molecule has 3 rings (SSSR count). The van der Waals surface area contributed by atoms with Crippen LogP contribution in [-0.4, -0.2) is 42.4 Å². The summed E-state index contributed by atoms with van der Waals surface area (Å²) in [5.74, 6) is 0.299. The molecule has 1 aliphatic carbocycles. The molecule has 0 unspecified atom stereocenters. The lowest BCUT2D eigenvalue weighted by molar-refractivity contribution is -0.147. The second-order valence-electron chi connectivity index (χ2n) is 5.51. The highest BCUT2D eigenvalue weighted by Gasteiger charge is 2.52. The van der Waals surface area contributed by atoms with E-state index in [0.717, 1.165) is 32.2 Å². The molecule has 0 aromatic carbocycles. The van der Waals surface area contributed by atoms with Crippen LogP contribution in [0.15, 0.2) is 0 Å². The first-order valence-corrected chi connectivity index (χ1v) is 6.59. The highest BCUT2D eigenvalue weighted by molar-refractivity contribution is 5.90. The number of carbonyl (C=O) groups is 2. The first kappa shape index (κ1) is 11.2. The molecule has 2 heterocycles. The zero-order valence-electron chi connectivity index (χ0n) is 10.2.